The highest BCUT2D eigenvalue weighted by atomic mass is 32.2. The van der Waals surface area contributed by atoms with E-state index in [4.69, 9.17) is 9.47 Å². The van der Waals surface area contributed by atoms with E-state index in [1.54, 1.807) is 31.4 Å². The number of para-hydroxylation sites is 1. The molecular formula is C23H32N2O5S. The lowest BCUT2D eigenvalue weighted by molar-refractivity contribution is -0.119. The number of carbonyl (C=O) groups is 1. The van der Waals surface area contributed by atoms with E-state index < -0.39 is 15.9 Å². The Morgan fingerprint density at radius 1 is 1.06 bits per heavy atom. The summed E-state index contributed by atoms with van der Waals surface area (Å²) in [6.07, 6.45) is 1.12. The largest absolute Gasteiger partial charge is 0.493 e. The quantitative estimate of drug-likeness (QED) is 0.599. The van der Waals surface area contributed by atoms with Crippen molar-refractivity contribution in [1.82, 2.24) is 5.32 Å². The first-order chi connectivity index (χ1) is 14.5. The molecule has 2 rings (SSSR count). The second-order valence-corrected chi connectivity index (χ2v) is 9.82. The van der Waals surface area contributed by atoms with Crippen LogP contribution in [0, 0.1) is 0 Å². The molecule has 0 bridgehead atoms. The maximum Gasteiger partial charge on any atom is 0.241 e. The molecule has 170 valence electrons. The van der Waals surface area contributed by atoms with E-state index in [0.29, 0.717) is 17.2 Å². The third-order valence-corrected chi connectivity index (χ3v) is 5.72. The number of nitrogens with one attached hydrogen (secondary N) is 1. The van der Waals surface area contributed by atoms with Gasteiger partial charge in [0.05, 0.1) is 25.2 Å². The van der Waals surface area contributed by atoms with Crippen LogP contribution in [0.5, 0.6) is 11.5 Å². The van der Waals surface area contributed by atoms with E-state index in [1.165, 1.54) is 0 Å². The van der Waals surface area contributed by atoms with E-state index >= 15 is 0 Å². The SMILES string of the molecule is COc1cc(CNC(=O)CN(c2ccccc2C(C)C)S(C)(=O)=O)ccc1OC(C)C. The van der Waals surface area contributed by atoms with Gasteiger partial charge in [0.15, 0.2) is 11.5 Å². The van der Waals surface area contributed by atoms with E-state index in [-0.39, 0.29) is 25.1 Å². The monoisotopic (exact) mass is 448 g/mol. The molecule has 1 amide bonds. The standard InChI is InChI=1S/C23H32N2O5S/c1-16(2)19-9-7-8-10-20(19)25(31(6,27)28)15-23(26)24-14-18-11-12-21(30-17(3)4)22(13-18)29-5/h7-13,16-17H,14-15H2,1-6H3,(H,24,26). The summed E-state index contributed by atoms with van der Waals surface area (Å²) in [5, 5.41) is 2.79. The first-order valence-corrected chi connectivity index (χ1v) is 12.0. The fourth-order valence-electron chi connectivity index (χ4n) is 3.14. The third-order valence-electron chi connectivity index (χ3n) is 4.60. The predicted octanol–water partition coefficient (Wildman–Crippen LogP) is 3.69. The lowest BCUT2D eigenvalue weighted by atomic mass is 10.0. The van der Waals surface area contributed by atoms with Crippen LogP contribution in [0.3, 0.4) is 0 Å². The van der Waals surface area contributed by atoms with Crippen LogP contribution >= 0.6 is 0 Å². The molecule has 0 aliphatic carbocycles. The van der Waals surface area contributed by atoms with Crippen molar-refractivity contribution in [1.29, 1.82) is 0 Å². The van der Waals surface area contributed by atoms with Gasteiger partial charge in [0.1, 0.15) is 6.54 Å². The van der Waals surface area contributed by atoms with Crippen molar-refractivity contribution in [2.24, 2.45) is 0 Å². The first-order valence-electron chi connectivity index (χ1n) is 10.2. The number of methoxy groups -OCH3 is 1. The lowest BCUT2D eigenvalue weighted by Crippen LogP contribution is -2.40. The number of hydrogen-bond acceptors (Lipinski definition) is 5. The molecule has 0 unspecified atom stereocenters. The van der Waals surface area contributed by atoms with Gasteiger partial charge in [0.2, 0.25) is 15.9 Å². The maximum atomic E-state index is 12.6. The van der Waals surface area contributed by atoms with Gasteiger partial charge in [0.25, 0.3) is 0 Å². The summed E-state index contributed by atoms with van der Waals surface area (Å²) >= 11 is 0. The fraction of sp³-hybridized carbons (Fsp3) is 0.435. The van der Waals surface area contributed by atoms with Crippen LogP contribution in [0.15, 0.2) is 42.5 Å². The second kappa shape index (κ2) is 10.5. The minimum atomic E-state index is -3.64. The number of benzene rings is 2. The summed E-state index contributed by atoms with van der Waals surface area (Å²) in [6, 6.07) is 12.7. The zero-order chi connectivity index (χ0) is 23.2. The van der Waals surface area contributed by atoms with Crippen LogP contribution in [0.25, 0.3) is 0 Å². The number of sulfonamides is 1. The minimum Gasteiger partial charge on any atom is -0.493 e. The molecule has 0 aromatic heterocycles. The Labute approximate surface area is 185 Å². The average molecular weight is 449 g/mol. The van der Waals surface area contributed by atoms with Gasteiger partial charge in [-0.15, -0.1) is 0 Å². The van der Waals surface area contributed by atoms with Crippen molar-refractivity contribution < 1.29 is 22.7 Å². The molecule has 0 atom stereocenters. The number of carbonyl (C=O) groups excluding carboxylic acids is 1. The van der Waals surface area contributed by atoms with Crippen molar-refractivity contribution in [3.63, 3.8) is 0 Å². The Bertz CT molecular complexity index is 1000. The maximum absolute atomic E-state index is 12.6. The summed E-state index contributed by atoms with van der Waals surface area (Å²) in [7, 11) is -2.09. The molecule has 0 heterocycles. The zero-order valence-corrected chi connectivity index (χ0v) is 19.8. The van der Waals surface area contributed by atoms with E-state index in [0.717, 1.165) is 21.7 Å². The summed E-state index contributed by atoms with van der Waals surface area (Å²) < 4.78 is 37.1. The Kier molecular flexibility index (Phi) is 8.33. The van der Waals surface area contributed by atoms with Crippen LogP contribution in [0.1, 0.15) is 44.7 Å². The highest BCUT2D eigenvalue weighted by Crippen LogP contribution is 2.30. The molecule has 0 saturated heterocycles. The van der Waals surface area contributed by atoms with Gasteiger partial charge in [-0.2, -0.15) is 0 Å². The molecule has 2 aromatic rings. The zero-order valence-electron chi connectivity index (χ0n) is 19.0. The van der Waals surface area contributed by atoms with Crippen molar-refractivity contribution in [2.75, 3.05) is 24.2 Å². The van der Waals surface area contributed by atoms with Crippen LogP contribution in [0.2, 0.25) is 0 Å². The molecule has 0 aliphatic rings. The van der Waals surface area contributed by atoms with Crippen LogP contribution in [-0.2, 0) is 21.4 Å². The number of hydrogen-bond donors (Lipinski definition) is 1. The van der Waals surface area contributed by atoms with E-state index in [9.17, 15) is 13.2 Å². The number of amides is 1. The van der Waals surface area contributed by atoms with Crippen LogP contribution < -0.4 is 19.1 Å². The average Bonchev–Trinajstić information content (AvgIpc) is 2.70. The number of nitrogens with zero attached hydrogens (tertiary/aromatic N) is 1. The molecule has 0 radical (unpaired) electrons. The van der Waals surface area contributed by atoms with Crippen molar-refractivity contribution in [3.8, 4) is 11.5 Å². The molecule has 31 heavy (non-hydrogen) atoms. The topological polar surface area (TPSA) is 84.9 Å². The predicted molar refractivity (Wildman–Crippen MR) is 123 cm³/mol. The first kappa shape index (κ1) is 24.5. The summed E-state index contributed by atoms with van der Waals surface area (Å²) in [5.41, 5.74) is 2.20. The fourth-order valence-corrected chi connectivity index (χ4v) is 4.02. The highest BCUT2D eigenvalue weighted by molar-refractivity contribution is 7.92. The van der Waals surface area contributed by atoms with Gasteiger partial charge < -0.3 is 14.8 Å². The van der Waals surface area contributed by atoms with E-state index in [1.807, 2.05) is 45.9 Å². The normalized spacial score (nSPS) is 11.5. The minimum absolute atomic E-state index is 0.00939. The Morgan fingerprint density at radius 3 is 2.32 bits per heavy atom. The van der Waals surface area contributed by atoms with Gasteiger partial charge in [-0.05, 0) is 49.1 Å². The number of rotatable bonds is 10. The lowest BCUT2D eigenvalue weighted by Gasteiger charge is -2.25. The molecule has 7 nitrogen and oxygen atoms in total. The van der Waals surface area contributed by atoms with Gasteiger partial charge in [-0.3, -0.25) is 9.10 Å². The van der Waals surface area contributed by atoms with Crippen molar-refractivity contribution in [2.45, 2.75) is 46.3 Å². The smallest absolute Gasteiger partial charge is 0.241 e. The Morgan fingerprint density at radius 2 is 1.74 bits per heavy atom. The molecule has 0 aliphatic heterocycles. The van der Waals surface area contributed by atoms with Gasteiger partial charge in [0, 0.05) is 6.54 Å². The van der Waals surface area contributed by atoms with Crippen LogP contribution in [0.4, 0.5) is 5.69 Å². The number of anilines is 1. The van der Waals surface area contributed by atoms with Gasteiger partial charge >= 0.3 is 0 Å². The summed E-state index contributed by atoms with van der Waals surface area (Å²) in [4.78, 5) is 12.6. The molecule has 2 aromatic carbocycles. The molecule has 0 saturated carbocycles. The van der Waals surface area contributed by atoms with Crippen molar-refractivity contribution >= 4 is 21.6 Å². The summed E-state index contributed by atoms with van der Waals surface area (Å²) in [6.45, 7) is 7.77. The van der Waals surface area contributed by atoms with Gasteiger partial charge in [-0.25, -0.2) is 8.42 Å². The number of ether oxygens (including phenoxy) is 2. The van der Waals surface area contributed by atoms with Crippen molar-refractivity contribution in [3.05, 3.63) is 53.6 Å². The molecule has 1 N–H and O–H groups in total. The second-order valence-electron chi connectivity index (χ2n) is 7.91. The molecule has 8 heteroatoms. The summed E-state index contributed by atoms with van der Waals surface area (Å²) in [5.74, 6) is 0.915. The Hall–Kier alpha value is -2.74. The van der Waals surface area contributed by atoms with E-state index in [2.05, 4.69) is 5.32 Å². The molecule has 0 fully saturated rings. The molecular weight excluding hydrogens is 416 g/mol. The highest BCUT2D eigenvalue weighted by Gasteiger charge is 2.24. The molecule has 0 spiro atoms. The Balaban J connectivity index is 2.15. The van der Waals surface area contributed by atoms with Crippen LogP contribution in [-0.4, -0.2) is 40.3 Å². The van der Waals surface area contributed by atoms with Gasteiger partial charge in [-0.1, -0.05) is 38.1 Å². The third kappa shape index (κ3) is 6.89.